The molecule has 1 unspecified atom stereocenters. The van der Waals surface area contributed by atoms with Gasteiger partial charge in [0.25, 0.3) is 0 Å². The highest BCUT2D eigenvalue weighted by molar-refractivity contribution is 5.77. The summed E-state index contributed by atoms with van der Waals surface area (Å²) < 4.78 is 24.8. The van der Waals surface area contributed by atoms with Crippen molar-refractivity contribution in [2.75, 3.05) is 6.61 Å². The summed E-state index contributed by atoms with van der Waals surface area (Å²) in [6, 6.07) is 12.1. The molecule has 31 heavy (non-hydrogen) atoms. The zero-order valence-electron chi connectivity index (χ0n) is 16.6. The van der Waals surface area contributed by atoms with Crippen molar-refractivity contribution in [3.05, 3.63) is 76.9 Å². The van der Waals surface area contributed by atoms with Crippen molar-refractivity contribution in [1.29, 1.82) is 0 Å². The number of hydrogen-bond donors (Lipinski definition) is 0. The molecule has 0 N–H and O–H groups in total. The quantitative estimate of drug-likeness (QED) is 0.442. The third kappa shape index (κ3) is 2.52. The van der Waals surface area contributed by atoms with Crippen molar-refractivity contribution >= 4 is 22.2 Å². The van der Waals surface area contributed by atoms with E-state index in [-0.39, 0.29) is 11.4 Å². The van der Waals surface area contributed by atoms with Crippen LogP contribution < -0.4 is 10.4 Å². The van der Waals surface area contributed by atoms with Gasteiger partial charge in [-0.25, -0.2) is 19.2 Å². The van der Waals surface area contributed by atoms with E-state index in [2.05, 4.69) is 9.97 Å². The molecule has 154 valence electrons. The summed E-state index contributed by atoms with van der Waals surface area (Å²) in [5.74, 6) is 0.167. The summed E-state index contributed by atoms with van der Waals surface area (Å²) in [7, 11) is 1.68. The second-order valence-electron chi connectivity index (χ2n) is 7.50. The molecule has 0 saturated carbocycles. The van der Waals surface area contributed by atoms with Crippen LogP contribution in [0.2, 0.25) is 0 Å². The van der Waals surface area contributed by atoms with Crippen LogP contribution in [0.1, 0.15) is 18.0 Å². The zero-order valence-corrected chi connectivity index (χ0v) is 16.6. The predicted molar refractivity (Wildman–Crippen MR) is 112 cm³/mol. The van der Waals surface area contributed by atoms with Crippen LogP contribution in [-0.2, 0) is 7.05 Å². The molecule has 1 aliphatic rings. The second-order valence-corrected chi connectivity index (χ2v) is 7.50. The number of fused-ring (bicyclic) bond motifs is 3. The number of imidazole rings is 2. The lowest BCUT2D eigenvalue weighted by Crippen LogP contribution is -2.30. The number of halogens is 1. The van der Waals surface area contributed by atoms with E-state index in [9.17, 15) is 9.18 Å². The number of nitrogens with zero attached hydrogens (tertiary/aromatic N) is 6. The van der Waals surface area contributed by atoms with Gasteiger partial charge in [0.05, 0.1) is 29.9 Å². The van der Waals surface area contributed by atoms with Crippen LogP contribution >= 0.6 is 0 Å². The summed E-state index contributed by atoms with van der Waals surface area (Å²) >= 11 is 0. The van der Waals surface area contributed by atoms with Crippen molar-refractivity contribution in [2.45, 2.75) is 12.5 Å². The topological polar surface area (TPSA) is 79.8 Å². The lowest BCUT2D eigenvalue weighted by Gasteiger charge is -2.26. The lowest BCUT2D eigenvalue weighted by atomic mass is 10.00. The van der Waals surface area contributed by atoms with Crippen LogP contribution in [0, 0.1) is 5.82 Å². The van der Waals surface area contributed by atoms with Gasteiger partial charge >= 0.3 is 5.69 Å². The van der Waals surface area contributed by atoms with E-state index in [0.717, 1.165) is 11.0 Å². The molecule has 8 nitrogen and oxygen atoms in total. The maximum atomic E-state index is 14.3. The van der Waals surface area contributed by atoms with Gasteiger partial charge < -0.3 is 4.74 Å². The fraction of sp³-hybridized carbons (Fsp3) is 0.182. The van der Waals surface area contributed by atoms with E-state index < -0.39 is 11.9 Å². The number of aromatic nitrogens is 6. The summed E-state index contributed by atoms with van der Waals surface area (Å²) in [6.07, 6.45) is 3.83. The summed E-state index contributed by atoms with van der Waals surface area (Å²) in [5.41, 5.74) is 3.17. The Kier molecular flexibility index (Phi) is 3.73. The molecule has 2 aromatic carbocycles. The van der Waals surface area contributed by atoms with E-state index in [1.807, 2.05) is 24.3 Å². The molecular weight excluding hydrogens is 399 g/mol. The van der Waals surface area contributed by atoms with Crippen LogP contribution in [0.3, 0.4) is 0 Å². The van der Waals surface area contributed by atoms with Gasteiger partial charge in [-0.2, -0.15) is 4.98 Å². The van der Waals surface area contributed by atoms with E-state index in [1.54, 1.807) is 40.8 Å². The van der Waals surface area contributed by atoms with Crippen LogP contribution in [0.25, 0.3) is 28.1 Å². The summed E-state index contributed by atoms with van der Waals surface area (Å²) in [4.78, 5) is 26.8. The van der Waals surface area contributed by atoms with Crippen molar-refractivity contribution in [3.8, 4) is 11.7 Å². The first-order valence-electron chi connectivity index (χ1n) is 9.91. The SMILES string of the molecule is Cn1c(=O)n(C2CCOc3c(F)cccc32)c2nc(-n3cnc4ccccc43)ncc21. The second kappa shape index (κ2) is 6.49. The molecule has 0 bridgehead atoms. The van der Waals surface area contributed by atoms with Crippen molar-refractivity contribution < 1.29 is 9.13 Å². The summed E-state index contributed by atoms with van der Waals surface area (Å²) in [6.45, 7) is 0.311. The number of para-hydroxylation sites is 3. The third-order valence-corrected chi connectivity index (χ3v) is 5.79. The van der Waals surface area contributed by atoms with Crippen LogP contribution in [0.15, 0.2) is 59.8 Å². The van der Waals surface area contributed by atoms with Gasteiger partial charge in [-0.1, -0.05) is 24.3 Å². The molecule has 6 rings (SSSR count). The average Bonchev–Trinajstić information content (AvgIpc) is 3.33. The molecule has 3 aromatic heterocycles. The van der Waals surface area contributed by atoms with Crippen molar-refractivity contribution in [3.63, 3.8) is 0 Å². The van der Waals surface area contributed by atoms with Gasteiger partial charge in [-0.3, -0.25) is 13.7 Å². The Bertz CT molecular complexity index is 1530. The Balaban J connectivity index is 1.60. The third-order valence-electron chi connectivity index (χ3n) is 5.79. The first kappa shape index (κ1) is 17.8. The zero-order chi connectivity index (χ0) is 21.1. The lowest BCUT2D eigenvalue weighted by molar-refractivity contribution is 0.243. The van der Waals surface area contributed by atoms with E-state index >= 15 is 0 Å². The predicted octanol–water partition coefficient (Wildman–Crippen LogP) is 2.98. The normalized spacial score (nSPS) is 15.9. The fourth-order valence-corrected chi connectivity index (χ4v) is 4.28. The molecule has 1 aliphatic heterocycles. The number of benzene rings is 2. The molecule has 0 aliphatic carbocycles. The molecule has 5 aromatic rings. The smallest absolute Gasteiger partial charge is 0.330 e. The monoisotopic (exact) mass is 416 g/mol. The number of ether oxygens (including phenoxy) is 1. The highest BCUT2D eigenvalue weighted by Crippen LogP contribution is 2.37. The number of rotatable bonds is 2. The van der Waals surface area contributed by atoms with Crippen LogP contribution in [0.4, 0.5) is 4.39 Å². The van der Waals surface area contributed by atoms with Crippen LogP contribution in [0.5, 0.6) is 5.75 Å². The Morgan fingerprint density at radius 2 is 1.97 bits per heavy atom. The maximum absolute atomic E-state index is 14.3. The summed E-state index contributed by atoms with van der Waals surface area (Å²) in [5, 5.41) is 0. The Hall–Kier alpha value is -4.01. The molecule has 0 fully saturated rings. The van der Waals surface area contributed by atoms with Gasteiger partial charge in [0.15, 0.2) is 17.2 Å². The van der Waals surface area contributed by atoms with Gasteiger partial charge in [-0.15, -0.1) is 0 Å². The Morgan fingerprint density at radius 3 is 2.87 bits per heavy atom. The standard InChI is InChI=1S/C22H17FN6O2/c1-27-18-11-24-21(28-12-25-15-7-2-3-8-17(15)28)26-20(18)29(22(27)30)16-9-10-31-19-13(16)5-4-6-14(19)23/h2-8,11-12,16H,9-10H2,1H3. The van der Waals surface area contributed by atoms with E-state index in [1.165, 1.54) is 10.6 Å². The highest BCUT2D eigenvalue weighted by Gasteiger charge is 2.29. The Morgan fingerprint density at radius 1 is 1.10 bits per heavy atom. The van der Waals surface area contributed by atoms with Crippen LogP contribution in [-0.4, -0.2) is 35.3 Å². The molecule has 0 amide bonds. The maximum Gasteiger partial charge on any atom is 0.330 e. The molecule has 0 spiro atoms. The average molecular weight is 416 g/mol. The molecule has 4 heterocycles. The number of aryl methyl sites for hydroxylation is 1. The highest BCUT2D eigenvalue weighted by atomic mass is 19.1. The van der Waals surface area contributed by atoms with Gasteiger partial charge in [-0.05, 0) is 18.2 Å². The molecule has 1 atom stereocenters. The van der Waals surface area contributed by atoms with Crippen molar-refractivity contribution in [2.24, 2.45) is 7.05 Å². The van der Waals surface area contributed by atoms with Gasteiger partial charge in [0.2, 0.25) is 5.95 Å². The molecule has 9 heteroatoms. The molecule has 0 saturated heterocycles. The Labute approximate surface area is 175 Å². The first-order valence-corrected chi connectivity index (χ1v) is 9.91. The minimum atomic E-state index is -0.435. The molecular formula is C22H17FN6O2. The van der Waals surface area contributed by atoms with Gasteiger partial charge in [0.1, 0.15) is 11.8 Å². The molecule has 0 radical (unpaired) electrons. The van der Waals surface area contributed by atoms with Gasteiger partial charge in [0, 0.05) is 19.0 Å². The van der Waals surface area contributed by atoms with Crippen molar-refractivity contribution in [1.82, 2.24) is 28.7 Å². The van der Waals surface area contributed by atoms with E-state index in [4.69, 9.17) is 9.72 Å². The van der Waals surface area contributed by atoms with E-state index in [0.29, 0.717) is 35.7 Å². The number of hydrogen-bond acceptors (Lipinski definition) is 5. The fourth-order valence-electron chi connectivity index (χ4n) is 4.28. The minimum Gasteiger partial charge on any atom is -0.490 e. The largest absolute Gasteiger partial charge is 0.490 e. The first-order chi connectivity index (χ1) is 15.1. The minimum absolute atomic E-state index is 0.192.